The van der Waals surface area contributed by atoms with Gasteiger partial charge in [0.25, 0.3) is 0 Å². The van der Waals surface area contributed by atoms with Crippen molar-refractivity contribution in [3.05, 3.63) is 0 Å². The van der Waals surface area contributed by atoms with Crippen molar-refractivity contribution in [1.29, 1.82) is 0 Å². The Morgan fingerprint density at radius 2 is 2.23 bits per heavy atom. The van der Waals surface area contributed by atoms with Gasteiger partial charge in [0.1, 0.15) is 12.7 Å². The van der Waals surface area contributed by atoms with Gasteiger partial charge in [0.05, 0.1) is 12.6 Å². The van der Waals surface area contributed by atoms with Gasteiger partial charge in [0.2, 0.25) is 0 Å². The van der Waals surface area contributed by atoms with Gasteiger partial charge in [-0.3, -0.25) is 0 Å². The number of nitrogens with one attached hydrogen (secondary N) is 1. The fraction of sp³-hybridized carbons (Fsp3) is 0.875. The summed E-state index contributed by atoms with van der Waals surface area (Å²) in [4.78, 5) is 10.7. The third-order valence-corrected chi connectivity index (χ3v) is 2.18. The molecule has 1 amide bonds. The summed E-state index contributed by atoms with van der Waals surface area (Å²) in [5, 5.41) is 2.67. The summed E-state index contributed by atoms with van der Waals surface area (Å²) >= 11 is 0. The molecule has 0 aromatic carbocycles. The molecule has 1 N–H and O–H groups in total. The average molecular weight is 187 g/mol. The maximum atomic E-state index is 10.7. The van der Waals surface area contributed by atoms with Crippen LogP contribution in [0.25, 0.3) is 0 Å². The lowest BCUT2D eigenvalue weighted by molar-refractivity contribution is -0.141. The van der Waals surface area contributed by atoms with Crippen molar-refractivity contribution in [2.45, 2.75) is 31.8 Å². The van der Waals surface area contributed by atoms with E-state index in [1.807, 2.05) is 13.8 Å². The Balaban J connectivity index is 1.93. The number of carbonyl (C=O) groups is 1. The highest BCUT2D eigenvalue weighted by Crippen LogP contribution is 2.25. The second-order valence-electron chi connectivity index (χ2n) is 3.72. The van der Waals surface area contributed by atoms with Gasteiger partial charge >= 0.3 is 6.09 Å². The smallest absolute Gasteiger partial charge is 0.407 e. The maximum absolute atomic E-state index is 10.7. The van der Waals surface area contributed by atoms with Gasteiger partial charge in [-0.05, 0) is 13.8 Å². The van der Waals surface area contributed by atoms with Crippen LogP contribution in [-0.2, 0) is 14.2 Å². The van der Waals surface area contributed by atoms with Crippen LogP contribution in [0, 0.1) is 0 Å². The van der Waals surface area contributed by atoms with Crippen LogP contribution in [0.4, 0.5) is 4.79 Å². The minimum Gasteiger partial charge on any atom is -0.447 e. The molecule has 0 aromatic rings. The molecule has 2 saturated heterocycles. The van der Waals surface area contributed by atoms with E-state index in [4.69, 9.17) is 14.2 Å². The van der Waals surface area contributed by atoms with E-state index in [1.54, 1.807) is 0 Å². The number of alkyl carbamates (subject to hydrolysis) is 1. The molecule has 2 aliphatic rings. The number of cyclic esters (lactones) is 1. The summed E-state index contributed by atoms with van der Waals surface area (Å²) in [6.45, 7) is 4.57. The molecule has 0 aliphatic carbocycles. The molecule has 2 aliphatic heterocycles. The lowest BCUT2D eigenvalue weighted by Crippen LogP contribution is -2.40. The Kier molecular flexibility index (Phi) is 1.92. The van der Waals surface area contributed by atoms with Gasteiger partial charge in [-0.2, -0.15) is 0 Å². The first-order chi connectivity index (χ1) is 6.07. The molecule has 13 heavy (non-hydrogen) atoms. The van der Waals surface area contributed by atoms with Gasteiger partial charge < -0.3 is 19.5 Å². The molecule has 2 fully saturated rings. The largest absolute Gasteiger partial charge is 0.447 e. The third kappa shape index (κ3) is 1.76. The number of hydrogen-bond donors (Lipinski definition) is 1. The molecule has 2 rings (SSSR count). The summed E-state index contributed by atoms with van der Waals surface area (Å²) < 4.78 is 15.7. The average Bonchev–Trinajstić information content (AvgIpc) is 2.56. The second kappa shape index (κ2) is 2.85. The fourth-order valence-corrected chi connectivity index (χ4v) is 1.51. The lowest BCUT2D eigenvalue weighted by atomic mass is 10.2. The van der Waals surface area contributed by atoms with Crippen molar-refractivity contribution in [1.82, 2.24) is 5.32 Å². The Morgan fingerprint density at radius 3 is 2.69 bits per heavy atom. The van der Waals surface area contributed by atoms with Crippen LogP contribution in [-0.4, -0.2) is 37.2 Å². The highest BCUT2D eigenvalue weighted by molar-refractivity contribution is 5.69. The van der Waals surface area contributed by atoms with Crippen molar-refractivity contribution in [2.24, 2.45) is 0 Å². The number of rotatable bonds is 1. The van der Waals surface area contributed by atoms with E-state index in [0.29, 0.717) is 13.2 Å². The first-order valence-electron chi connectivity index (χ1n) is 4.32. The summed E-state index contributed by atoms with van der Waals surface area (Å²) in [6, 6.07) is -0.0747. The predicted octanol–water partition coefficient (Wildman–Crippen LogP) is 0.246. The minimum atomic E-state index is -0.544. The number of hydrogen-bond acceptors (Lipinski definition) is 4. The highest BCUT2D eigenvalue weighted by atomic mass is 16.7. The summed E-state index contributed by atoms with van der Waals surface area (Å²) in [6.07, 6.45) is -0.472. The molecule has 0 spiro atoms. The molecule has 0 aromatic heterocycles. The molecule has 74 valence electrons. The summed E-state index contributed by atoms with van der Waals surface area (Å²) in [5.74, 6) is -0.544. The van der Waals surface area contributed by atoms with Crippen molar-refractivity contribution in [3.8, 4) is 0 Å². The van der Waals surface area contributed by atoms with Crippen molar-refractivity contribution in [2.75, 3.05) is 13.2 Å². The van der Waals surface area contributed by atoms with Crippen LogP contribution in [0.2, 0.25) is 0 Å². The molecular weight excluding hydrogens is 174 g/mol. The van der Waals surface area contributed by atoms with Gasteiger partial charge in [0, 0.05) is 0 Å². The van der Waals surface area contributed by atoms with Crippen molar-refractivity contribution < 1.29 is 19.0 Å². The molecule has 2 heterocycles. The van der Waals surface area contributed by atoms with Gasteiger partial charge in [-0.15, -0.1) is 0 Å². The van der Waals surface area contributed by atoms with E-state index < -0.39 is 5.79 Å². The van der Waals surface area contributed by atoms with Crippen LogP contribution in [0.5, 0.6) is 0 Å². The second-order valence-corrected chi connectivity index (χ2v) is 3.72. The van der Waals surface area contributed by atoms with Crippen molar-refractivity contribution in [3.63, 3.8) is 0 Å². The lowest BCUT2D eigenvalue weighted by Gasteiger charge is -2.19. The topological polar surface area (TPSA) is 56.8 Å². The maximum Gasteiger partial charge on any atom is 0.407 e. The van der Waals surface area contributed by atoms with E-state index in [1.165, 1.54) is 0 Å². The molecule has 0 bridgehead atoms. The Hall–Kier alpha value is -0.810. The van der Waals surface area contributed by atoms with Gasteiger partial charge in [-0.1, -0.05) is 0 Å². The predicted molar refractivity (Wildman–Crippen MR) is 43.2 cm³/mol. The zero-order chi connectivity index (χ0) is 9.47. The molecule has 0 radical (unpaired) electrons. The Bertz CT molecular complexity index is 228. The quantitative estimate of drug-likeness (QED) is 0.639. The monoisotopic (exact) mass is 187 g/mol. The Morgan fingerprint density at radius 1 is 1.46 bits per heavy atom. The molecular formula is C8H13NO4. The van der Waals surface area contributed by atoms with E-state index in [-0.39, 0.29) is 18.2 Å². The van der Waals surface area contributed by atoms with Crippen LogP contribution in [0.15, 0.2) is 0 Å². The van der Waals surface area contributed by atoms with Crippen LogP contribution in [0.1, 0.15) is 13.8 Å². The van der Waals surface area contributed by atoms with E-state index in [2.05, 4.69) is 5.32 Å². The first kappa shape index (κ1) is 8.77. The summed E-state index contributed by atoms with van der Waals surface area (Å²) in [7, 11) is 0. The number of carbonyl (C=O) groups excluding carboxylic acids is 1. The molecule has 5 nitrogen and oxygen atoms in total. The van der Waals surface area contributed by atoms with Gasteiger partial charge in [0.15, 0.2) is 5.79 Å². The number of ether oxygens (including phenoxy) is 3. The van der Waals surface area contributed by atoms with Crippen LogP contribution >= 0.6 is 0 Å². The van der Waals surface area contributed by atoms with E-state index in [0.717, 1.165) is 0 Å². The SMILES string of the molecule is CC1(C)OC[C@@H]([C@@H]2COC(=O)N2)O1. The summed E-state index contributed by atoms with van der Waals surface area (Å²) in [5.41, 5.74) is 0. The van der Waals surface area contributed by atoms with Crippen LogP contribution < -0.4 is 5.32 Å². The standard InChI is InChI=1S/C8H13NO4/c1-8(2)12-4-6(13-8)5-3-11-7(10)9-5/h5-6H,3-4H2,1-2H3,(H,9,10)/t5-,6-/m0/s1. The Labute approximate surface area is 76.3 Å². The highest BCUT2D eigenvalue weighted by Gasteiger charge is 2.40. The van der Waals surface area contributed by atoms with E-state index >= 15 is 0 Å². The molecule has 0 unspecified atom stereocenters. The normalized spacial score (nSPS) is 37.2. The van der Waals surface area contributed by atoms with Crippen LogP contribution in [0.3, 0.4) is 0 Å². The zero-order valence-corrected chi connectivity index (χ0v) is 7.70. The molecule has 0 saturated carbocycles. The van der Waals surface area contributed by atoms with E-state index in [9.17, 15) is 4.79 Å². The minimum absolute atomic E-state index is 0.0747. The molecule has 2 atom stereocenters. The fourth-order valence-electron chi connectivity index (χ4n) is 1.51. The third-order valence-electron chi connectivity index (χ3n) is 2.18. The zero-order valence-electron chi connectivity index (χ0n) is 7.70. The first-order valence-corrected chi connectivity index (χ1v) is 4.32. The van der Waals surface area contributed by atoms with Gasteiger partial charge in [-0.25, -0.2) is 4.79 Å². The number of amides is 1. The molecule has 5 heteroatoms. The van der Waals surface area contributed by atoms with Crippen molar-refractivity contribution >= 4 is 6.09 Å².